The van der Waals surface area contributed by atoms with Gasteiger partial charge in [0.05, 0.1) is 36.7 Å². The van der Waals surface area contributed by atoms with Gasteiger partial charge in [-0.25, -0.2) is 18.9 Å². The van der Waals surface area contributed by atoms with Gasteiger partial charge in [0, 0.05) is 37.1 Å². The van der Waals surface area contributed by atoms with Crippen molar-refractivity contribution in [3.63, 3.8) is 0 Å². The summed E-state index contributed by atoms with van der Waals surface area (Å²) in [5, 5.41) is 20.4. The van der Waals surface area contributed by atoms with Crippen LogP contribution in [0.1, 0.15) is 37.4 Å². The van der Waals surface area contributed by atoms with Crippen molar-refractivity contribution >= 4 is 29.0 Å². The van der Waals surface area contributed by atoms with Crippen LogP contribution < -0.4 is 20.9 Å². The molecule has 1 aromatic carbocycles. The van der Waals surface area contributed by atoms with Crippen LogP contribution in [0.25, 0.3) is 16.8 Å². The molecule has 4 heterocycles. The van der Waals surface area contributed by atoms with Crippen LogP contribution in [0.3, 0.4) is 0 Å². The zero-order valence-electron chi connectivity index (χ0n) is 22.4. The molecule has 3 N–H and O–H groups in total. The maximum absolute atomic E-state index is 14.0. The summed E-state index contributed by atoms with van der Waals surface area (Å²) in [4.78, 5) is 35.3. The Hall–Kier alpha value is -4.07. The van der Waals surface area contributed by atoms with E-state index in [9.17, 15) is 19.1 Å². The van der Waals surface area contributed by atoms with Crippen LogP contribution in [-0.2, 0) is 9.53 Å². The van der Waals surface area contributed by atoms with Crippen molar-refractivity contribution in [3.05, 3.63) is 69.7 Å². The third-order valence-electron chi connectivity index (χ3n) is 6.95. The van der Waals surface area contributed by atoms with Crippen LogP contribution in [0.15, 0.2) is 47.8 Å². The number of rotatable bonds is 9. The van der Waals surface area contributed by atoms with E-state index >= 15 is 0 Å². The molecule has 1 amide bonds. The lowest BCUT2D eigenvalue weighted by Gasteiger charge is -2.23. The molecule has 0 unspecified atom stereocenters. The van der Waals surface area contributed by atoms with Gasteiger partial charge in [0.2, 0.25) is 11.9 Å². The standard InChI is InChI=1S/C27H29ClFN7O5/c1-15(25(38)33-22(13-37)16-7-18(29)10-20(8-16)40-2)35-14-31-36-12-17(9-23(36)26(35)39)24-21(28)11-30-27(34-24)32-19-3-5-41-6-4-19/h7-12,14-15,19,22,37H,3-6,13H2,1-2H3,(H,33,38)(H,30,32,34)/t15-,22-/m1/s1. The number of carbonyl (C=O) groups excluding carboxylic acids is 1. The van der Waals surface area contributed by atoms with E-state index in [-0.39, 0.29) is 17.3 Å². The molecule has 1 aliphatic heterocycles. The molecule has 41 heavy (non-hydrogen) atoms. The number of fused-ring (bicyclic) bond motifs is 1. The molecular weight excluding hydrogens is 557 g/mol. The minimum absolute atomic E-state index is 0.181. The summed E-state index contributed by atoms with van der Waals surface area (Å²) in [6, 6.07) is 3.75. The second-order valence-electron chi connectivity index (χ2n) is 9.67. The van der Waals surface area contributed by atoms with Gasteiger partial charge in [-0.2, -0.15) is 5.10 Å². The summed E-state index contributed by atoms with van der Waals surface area (Å²) in [6.45, 7) is 2.36. The highest BCUT2D eigenvalue weighted by Crippen LogP contribution is 2.28. The molecule has 0 bridgehead atoms. The molecule has 3 aromatic heterocycles. The number of aromatic nitrogens is 5. The van der Waals surface area contributed by atoms with Crippen LogP contribution in [0.5, 0.6) is 5.75 Å². The van der Waals surface area contributed by atoms with E-state index in [1.165, 1.54) is 53.8 Å². The van der Waals surface area contributed by atoms with Gasteiger partial charge in [-0.05, 0) is 43.5 Å². The van der Waals surface area contributed by atoms with Gasteiger partial charge >= 0.3 is 0 Å². The Morgan fingerprint density at radius 2 is 2.07 bits per heavy atom. The number of nitrogens with zero attached hydrogens (tertiary/aromatic N) is 5. The average molecular weight is 586 g/mol. The fraction of sp³-hybridized carbons (Fsp3) is 0.370. The summed E-state index contributed by atoms with van der Waals surface area (Å²) < 4.78 is 27.0. The highest BCUT2D eigenvalue weighted by atomic mass is 35.5. The molecule has 12 nitrogen and oxygen atoms in total. The molecule has 4 aromatic rings. The van der Waals surface area contributed by atoms with Crippen LogP contribution in [0, 0.1) is 5.82 Å². The van der Waals surface area contributed by atoms with Crippen molar-refractivity contribution in [2.75, 3.05) is 32.2 Å². The third kappa shape index (κ3) is 6.16. The van der Waals surface area contributed by atoms with E-state index in [4.69, 9.17) is 21.1 Å². The number of nitrogens with one attached hydrogen (secondary N) is 2. The van der Waals surface area contributed by atoms with Gasteiger partial charge in [0.1, 0.15) is 29.5 Å². The molecule has 5 rings (SSSR count). The summed E-state index contributed by atoms with van der Waals surface area (Å²) in [6.07, 6.45) is 6.04. The van der Waals surface area contributed by atoms with Gasteiger partial charge in [-0.3, -0.25) is 14.2 Å². The Bertz CT molecular complexity index is 1620. The summed E-state index contributed by atoms with van der Waals surface area (Å²) in [5.74, 6) is -0.497. The Labute approximate surface area is 239 Å². The summed E-state index contributed by atoms with van der Waals surface area (Å²) in [7, 11) is 1.39. The minimum Gasteiger partial charge on any atom is -0.497 e. The molecule has 1 fully saturated rings. The Morgan fingerprint density at radius 1 is 1.29 bits per heavy atom. The molecule has 14 heteroatoms. The van der Waals surface area contributed by atoms with Gasteiger partial charge in [0.15, 0.2) is 0 Å². The van der Waals surface area contributed by atoms with Crippen molar-refractivity contribution < 1.29 is 23.8 Å². The number of halogens is 2. The molecule has 0 aliphatic carbocycles. The highest BCUT2D eigenvalue weighted by molar-refractivity contribution is 6.32. The van der Waals surface area contributed by atoms with E-state index in [1.54, 1.807) is 12.3 Å². The lowest BCUT2D eigenvalue weighted by molar-refractivity contribution is -0.125. The first-order valence-electron chi connectivity index (χ1n) is 13.0. The number of hydrogen-bond acceptors (Lipinski definition) is 9. The van der Waals surface area contributed by atoms with Crippen LogP contribution in [0.4, 0.5) is 10.3 Å². The van der Waals surface area contributed by atoms with E-state index < -0.39 is 36.0 Å². The Morgan fingerprint density at radius 3 is 2.80 bits per heavy atom. The predicted molar refractivity (Wildman–Crippen MR) is 149 cm³/mol. The number of aliphatic hydroxyl groups excluding tert-OH is 1. The maximum atomic E-state index is 14.0. The number of ether oxygens (including phenoxy) is 2. The third-order valence-corrected chi connectivity index (χ3v) is 7.23. The van der Waals surface area contributed by atoms with Gasteiger partial charge in [0.25, 0.3) is 5.56 Å². The zero-order valence-corrected chi connectivity index (χ0v) is 23.1. The van der Waals surface area contributed by atoms with Crippen molar-refractivity contribution in [1.82, 2.24) is 29.5 Å². The smallest absolute Gasteiger partial charge is 0.278 e. The van der Waals surface area contributed by atoms with Crippen LogP contribution in [-0.4, -0.2) is 68.1 Å². The van der Waals surface area contributed by atoms with Crippen LogP contribution in [0.2, 0.25) is 5.02 Å². The molecule has 0 radical (unpaired) electrons. The number of benzene rings is 1. The Balaban J connectivity index is 1.38. The molecular formula is C27H29ClFN7O5. The fourth-order valence-corrected chi connectivity index (χ4v) is 4.83. The van der Waals surface area contributed by atoms with Gasteiger partial charge < -0.3 is 25.2 Å². The SMILES string of the molecule is COc1cc(F)cc([C@@H](CO)NC(=O)[C@@H](C)n2cnn3cc(-c4nc(NC5CCOCC5)ncc4Cl)cc3c2=O)c1. The van der Waals surface area contributed by atoms with Crippen molar-refractivity contribution in [2.24, 2.45) is 0 Å². The average Bonchev–Trinajstić information content (AvgIpc) is 3.42. The number of aliphatic hydroxyl groups is 1. The first kappa shape index (κ1) is 28.5. The molecule has 216 valence electrons. The largest absolute Gasteiger partial charge is 0.497 e. The summed E-state index contributed by atoms with van der Waals surface area (Å²) >= 11 is 6.42. The lowest BCUT2D eigenvalue weighted by Crippen LogP contribution is -2.39. The molecule has 1 saturated heterocycles. The Kier molecular flexibility index (Phi) is 8.47. The molecule has 2 atom stereocenters. The number of amides is 1. The lowest BCUT2D eigenvalue weighted by atomic mass is 10.1. The van der Waals surface area contributed by atoms with E-state index in [0.717, 1.165) is 12.8 Å². The van der Waals surface area contributed by atoms with E-state index in [2.05, 4.69) is 25.7 Å². The minimum atomic E-state index is -0.999. The summed E-state index contributed by atoms with van der Waals surface area (Å²) in [5.41, 5.74) is 1.01. The van der Waals surface area contributed by atoms with Gasteiger partial charge in [-0.15, -0.1) is 0 Å². The van der Waals surface area contributed by atoms with Crippen LogP contribution >= 0.6 is 11.6 Å². The normalized spacial score (nSPS) is 15.4. The second-order valence-corrected chi connectivity index (χ2v) is 10.1. The molecule has 1 aliphatic rings. The van der Waals surface area contributed by atoms with Crippen molar-refractivity contribution in [1.29, 1.82) is 0 Å². The quantitative estimate of drug-likeness (QED) is 0.270. The highest BCUT2D eigenvalue weighted by Gasteiger charge is 2.23. The van der Waals surface area contributed by atoms with E-state index in [1.807, 2.05) is 0 Å². The zero-order chi connectivity index (χ0) is 29.1. The van der Waals surface area contributed by atoms with Crippen molar-refractivity contribution in [3.8, 4) is 17.0 Å². The first-order chi connectivity index (χ1) is 19.8. The number of methoxy groups -OCH3 is 1. The van der Waals surface area contributed by atoms with Gasteiger partial charge in [-0.1, -0.05) is 11.6 Å². The fourth-order valence-electron chi connectivity index (χ4n) is 4.63. The second kappa shape index (κ2) is 12.2. The first-order valence-corrected chi connectivity index (χ1v) is 13.4. The number of carbonyl (C=O) groups is 1. The number of anilines is 1. The molecule has 0 spiro atoms. The molecule has 0 saturated carbocycles. The van der Waals surface area contributed by atoms with Crippen molar-refractivity contribution in [2.45, 2.75) is 37.9 Å². The predicted octanol–water partition coefficient (Wildman–Crippen LogP) is 2.76. The number of hydrogen-bond donors (Lipinski definition) is 3. The topological polar surface area (TPSA) is 145 Å². The monoisotopic (exact) mass is 585 g/mol. The van der Waals surface area contributed by atoms with E-state index in [0.29, 0.717) is 41.0 Å². The maximum Gasteiger partial charge on any atom is 0.278 e.